The van der Waals surface area contributed by atoms with Crippen LogP contribution in [-0.4, -0.2) is 20.7 Å². The summed E-state index contributed by atoms with van der Waals surface area (Å²) in [6, 6.07) is 7.64. The summed E-state index contributed by atoms with van der Waals surface area (Å²) in [4.78, 5) is 0. The number of hydrogen-bond acceptors (Lipinski definition) is 3. The Morgan fingerprint density at radius 3 is 2.30 bits per heavy atom. The van der Waals surface area contributed by atoms with Crippen LogP contribution in [0.4, 0.5) is 0 Å². The molecule has 1 rings (SSSR count). The number of nitrogens with one attached hydrogen (secondary N) is 1. The van der Waals surface area contributed by atoms with E-state index in [1.54, 1.807) is 6.08 Å². The molecule has 0 fully saturated rings. The summed E-state index contributed by atoms with van der Waals surface area (Å²) in [5, 5.41) is 0. The first-order valence-electron chi connectivity index (χ1n) is 6.79. The van der Waals surface area contributed by atoms with Crippen LogP contribution in [0.1, 0.15) is 43.4 Å². The van der Waals surface area contributed by atoms with Gasteiger partial charge >= 0.3 is 0 Å². The minimum Gasteiger partial charge on any atom is -0.323 e. The summed E-state index contributed by atoms with van der Waals surface area (Å²) in [6.07, 6.45) is 2.03. The Bertz CT molecular complexity index is 521. The lowest BCUT2D eigenvalue weighted by molar-refractivity contribution is 0.572. The largest absolute Gasteiger partial charge is 0.323 e. The molecule has 1 atom stereocenters. The number of hydrogen-bond donors (Lipinski definition) is 2. The Morgan fingerprint density at radius 1 is 1.25 bits per heavy atom. The van der Waals surface area contributed by atoms with Crippen LogP contribution in [-0.2, 0) is 10.0 Å². The number of allylic oxidation sites excluding steroid dienone is 1. The standard InChI is InChI=1S/C15H24N2O2S/c1-4-5-10-20(18,19)17-11-15(16)14-8-6-13(7-9-14)12(2)3/h4,6-9,12,15,17H,1,5,10-11,16H2,2-3H3. The number of sulfonamides is 1. The number of benzene rings is 1. The van der Waals surface area contributed by atoms with Crippen molar-refractivity contribution in [2.45, 2.75) is 32.2 Å². The van der Waals surface area contributed by atoms with Gasteiger partial charge < -0.3 is 5.73 Å². The molecule has 1 aromatic carbocycles. The topological polar surface area (TPSA) is 72.2 Å². The predicted octanol–water partition coefficient (Wildman–Crippen LogP) is 2.31. The fourth-order valence-corrected chi connectivity index (χ4v) is 2.83. The molecule has 0 aliphatic heterocycles. The normalized spacial score (nSPS) is 13.4. The molecule has 20 heavy (non-hydrogen) atoms. The zero-order valence-corrected chi connectivity index (χ0v) is 13.0. The van der Waals surface area contributed by atoms with Crippen LogP contribution in [0.25, 0.3) is 0 Å². The van der Waals surface area contributed by atoms with Crippen molar-refractivity contribution in [1.29, 1.82) is 0 Å². The highest BCUT2D eigenvalue weighted by Crippen LogP contribution is 2.17. The second kappa shape index (κ2) is 7.57. The molecule has 3 N–H and O–H groups in total. The average Bonchev–Trinajstić information content (AvgIpc) is 2.43. The van der Waals surface area contributed by atoms with Gasteiger partial charge in [0.05, 0.1) is 5.75 Å². The molecule has 1 unspecified atom stereocenters. The first kappa shape index (κ1) is 16.9. The molecule has 1 aromatic rings. The second-order valence-electron chi connectivity index (χ2n) is 5.17. The molecule has 0 heterocycles. The van der Waals surface area contributed by atoms with Crippen LogP contribution in [0.2, 0.25) is 0 Å². The van der Waals surface area contributed by atoms with Crippen molar-refractivity contribution < 1.29 is 8.42 Å². The van der Waals surface area contributed by atoms with Gasteiger partial charge in [0.1, 0.15) is 0 Å². The highest BCUT2D eigenvalue weighted by Gasteiger charge is 2.12. The monoisotopic (exact) mass is 296 g/mol. The summed E-state index contributed by atoms with van der Waals surface area (Å²) in [7, 11) is -3.27. The molecule has 0 spiro atoms. The third-order valence-electron chi connectivity index (χ3n) is 3.15. The Morgan fingerprint density at radius 2 is 1.80 bits per heavy atom. The van der Waals surface area contributed by atoms with E-state index in [4.69, 9.17) is 5.73 Å². The van der Waals surface area contributed by atoms with Gasteiger partial charge in [0.2, 0.25) is 10.0 Å². The van der Waals surface area contributed by atoms with E-state index in [9.17, 15) is 8.42 Å². The Balaban J connectivity index is 2.58. The maximum atomic E-state index is 11.7. The molecule has 0 aromatic heterocycles. The van der Waals surface area contributed by atoms with Crippen molar-refractivity contribution in [1.82, 2.24) is 4.72 Å². The fourth-order valence-electron chi connectivity index (χ4n) is 1.77. The van der Waals surface area contributed by atoms with Crippen LogP contribution < -0.4 is 10.5 Å². The lowest BCUT2D eigenvalue weighted by atomic mass is 9.99. The summed E-state index contributed by atoms with van der Waals surface area (Å²) in [6.45, 7) is 7.98. The Hall–Kier alpha value is -1.17. The highest BCUT2D eigenvalue weighted by atomic mass is 32.2. The van der Waals surface area contributed by atoms with Gasteiger partial charge in [0.15, 0.2) is 0 Å². The molecule has 112 valence electrons. The van der Waals surface area contributed by atoms with Crippen LogP contribution in [0, 0.1) is 0 Å². The Kier molecular flexibility index (Phi) is 6.39. The van der Waals surface area contributed by atoms with E-state index in [2.05, 4.69) is 25.1 Å². The van der Waals surface area contributed by atoms with Crippen LogP contribution >= 0.6 is 0 Å². The van der Waals surface area contributed by atoms with Crippen LogP contribution in [0.3, 0.4) is 0 Å². The number of rotatable bonds is 8. The summed E-state index contributed by atoms with van der Waals surface area (Å²) in [5.41, 5.74) is 8.18. The lowest BCUT2D eigenvalue weighted by Crippen LogP contribution is -2.33. The van der Waals surface area contributed by atoms with Crippen molar-refractivity contribution in [3.63, 3.8) is 0 Å². The molecule has 0 aliphatic carbocycles. The lowest BCUT2D eigenvalue weighted by Gasteiger charge is -2.14. The second-order valence-corrected chi connectivity index (χ2v) is 7.10. The smallest absolute Gasteiger partial charge is 0.211 e. The van der Waals surface area contributed by atoms with E-state index >= 15 is 0 Å². The van der Waals surface area contributed by atoms with Gasteiger partial charge in [-0.2, -0.15) is 0 Å². The van der Waals surface area contributed by atoms with Gasteiger partial charge in [-0.3, -0.25) is 0 Å². The first-order chi connectivity index (χ1) is 9.35. The zero-order chi connectivity index (χ0) is 15.2. The van der Waals surface area contributed by atoms with E-state index in [1.165, 1.54) is 5.56 Å². The van der Waals surface area contributed by atoms with Crippen molar-refractivity contribution in [2.24, 2.45) is 5.73 Å². The van der Waals surface area contributed by atoms with Gasteiger partial charge in [0, 0.05) is 12.6 Å². The molecule has 0 radical (unpaired) electrons. The summed E-state index contributed by atoms with van der Waals surface area (Å²) in [5.74, 6) is 0.521. The van der Waals surface area contributed by atoms with Gasteiger partial charge in [-0.1, -0.05) is 44.2 Å². The SMILES string of the molecule is C=CCCS(=O)(=O)NCC(N)c1ccc(C(C)C)cc1. The van der Waals surface area contributed by atoms with Crippen molar-refractivity contribution in [3.8, 4) is 0 Å². The van der Waals surface area contributed by atoms with Crippen molar-refractivity contribution in [2.75, 3.05) is 12.3 Å². The molecule has 0 bridgehead atoms. The zero-order valence-electron chi connectivity index (χ0n) is 12.2. The van der Waals surface area contributed by atoms with Crippen molar-refractivity contribution >= 4 is 10.0 Å². The molecule has 0 aliphatic rings. The molecule has 0 saturated carbocycles. The molecular weight excluding hydrogens is 272 g/mol. The van der Waals surface area contributed by atoms with E-state index in [1.807, 2.05) is 24.3 Å². The van der Waals surface area contributed by atoms with Crippen LogP contribution in [0.5, 0.6) is 0 Å². The van der Waals surface area contributed by atoms with E-state index in [-0.39, 0.29) is 18.3 Å². The molecule has 0 amide bonds. The van der Waals surface area contributed by atoms with Gasteiger partial charge in [-0.25, -0.2) is 13.1 Å². The maximum absolute atomic E-state index is 11.7. The third-order valence-corrected chi connectivity index (χ3v) is 4.52. The van der Waals surface area contributed by atoms with Gasteiger partial charge in [-0.05, 0) is 23.5 Å². The van der Waals surface area contributed by atoms with Gasteiger partial charge in [0.25, 0.3) is 0 Å². The van der Waals surface area contributed by atoms with E-state index in [0.717, 1.165) is 5.56 Å². The third kappa shape index (κ3) is 5.45. The van der Waals surface area contributed by atoms with E-state index < -0.39 is 10.0 Å². The minimum atomic E-state index is -3.27. The van der Waals surface area contributed by atoms with Gasteiger partial charge in [-0.15, -0.1) is 6.58 Å². The minimum absolute atomic E-state index is 0.0511. The fraction of sp³-hybridized carbons (Fsp3) is 0.467. The van der Waals surface area contributed by atoms with E-state index in [0.29, 0.717) is 12.3 Å². The molecule has 4 nitrogen and oxygen atoms in total. The number of nitrogens with two attached hydrogens (primary N) is 1. The predicted molar refractivity (Wildman–Crippen MR) is 84.1 cm³/mol. The molecule has 5 heteroatoms. The van der Waals surface area contributed by atoms with Crippen LogP contribution in [0.15, 0.2) is 36.9 Å². The summed E-state index contributed by atoms with van der Waals surface area (Å²) >= 11 is 0. The average molecular weight is 296 g/mol. The first-order valence-corrected chi connectivity index (χ1v) is 8.44. The quantitative estimate of drug-likeness (QED) is 0.723. The Labute approximate surface area is 122 Å². The molecular formula is C15H24N2O2S. The summed E-state index contributed by atoms with van der Waals surface area (Å²) < 4.78 is 25.8. The maximum Gasteiger partial charge on any atom is 0.211 e. The van der Waals surface area contributed by atoms with Crippen molar-refractivity contribution in [3.05, 3.63) is 48.0 Å². The highest BCUT2D eigenvalue weighted by molar-refractivity contribution is 7.89. The molecule has 0 saturated heterocycles.